The van der Waals surface area contributed by atoms with Crippen LogP contribution in [0.1, 0.15) is 5.56 Å². The Hall–Kier alpha value is -1.13. The smallest absolute Gasteiger partial charge is 0.185 e. The van der Waals surface area contributed by atoms with E-state index in [1.165, 1.54) is 5.56 Å². The fourth-order valence-electron chi connectivity index (χ4n) is 1.18. The average molecular weight is 194 g/mol. The Kier molecular flexibility index (Phi) is 2.16. The van der Waals surface area contributed by atoms with Crippen molar-refractivity contribution >= 4 is 26.7 Å². The summed E-state index contributed by atoms with van der Waals surface area (Å²) in [5.74, 6) is 0. The number of fused-ring (bicyclic) bond motifs is 1. The van der Waals surface area contributed by atoms with Gasteiger partial charge in [-0.15, -0.1) is 0 Å². The van der Waals surface area contributed by atoms with Gasteiger partial charge in [-0.1, -0.05) is 17.4 Å². The van der Waals surface area contributed by atoms with E-state index >= 15 is 0 Å². The molecule has 68 valence electrons. The SMILES string of the molecule is Cc1ccc2nc(NCO)sc2c1. The van der Waals surface area contributed by atoms with Crippen LogP contribution in [0.4, 0.5) is 5.13 Å². The number of hydrogen-bond donors (Lipinski definition) is 2. The molecule has 0 atom stereocenters. The zero-order chi connectivity index (χ0) is 9.26. The Bertz CT molecular complexity index is 424. The van der Waals surface area contributed by atoms with Crippen molar-refractivity contribution in [2.24, 2.45) is 0 Å². The summed E-state index contributed by atoms with van der Waals surface area (Å²) in [4.78, 5) is 4.29. The van der Waals surface area contributed by atoms with Gasteiger partial charge < -0.3 is 10.4 Å². The van der Waals surface area contributed by atoms with Gasteiger partial charge in [0.2, 0.25) is 0 Å². The van der Waals surface area contributed by atoms with Crippen LogP contribution in [-0.4, -0.2) is 16.8 Å². The molecule has 0 saturated carbocycles. The Morgan fingerprint density at radius 1 is 1.54 bits per heavy atom. The average Bonchev–Trinajstić information content (AvgIpc) is 2.46. The predicted octanol–water partition coefficient (Wildman–Crippen LogP) is 1.97. The minimum absolute atomic E-state index is 0.0706. The number of aliphatic hydroxyl groups excluding tert-OH is 1. The fraction of sp³-hybridized carbons (Fsp3) is 0.222. The number of nitrogens with one attached hydrogen (secondary N) is 1. The zero-order valence-electron chi connectivity index (χ0n) is 7.24. The van der Waals surface area contributed by atoms with Gasteiger partial charge in [0.25, 0.3) is 0 Å². The number of nitrogens with zero attached hydrogens (tertiary/aromatic N) is 1. The third kappa shape index (κ3) is 1.64. The minimum Gasteiger partial charge on any atom is -0.377 e. The lowest BCUT2D eigenvalue weighted by Crippen LogP contribution is -1.97. The first-order chi connectivity index (χ1) is 6.29. The summed E-state index contributed by atoms with van der Waals surface area (Å²) in [6.07, 6.45) is 0. The summed E-state index contributed by atoms with van der Waals surface area (Å²) in [5.41, 5.74) is 2.21. The van der Waals surface area contributed by atoms with E-state index in [2.05, 4.69) is 23.3 Å². The van der Waals surface area contributed by atoms with Gasteiger partial charge in [-0.25, -0.2) is 4.98 Å². The van der Waals surface area contributed by atoms with Crippen molar-refractivity contribution in [2.45, 2.75) is 6.92 Å². The summed E-state index contributed by atoms with van der Waals surface area (Å²) >= 11 is 1.55. The van der Waals surface area contributed by atoms with Crippen molar-refractivity contribution in [3.8, 4) is 0 Å². The molecule has 0 bridgehead atoms. The molecule has 0 amide bonds. The molecule has 1 aromatic heterocycles. The number of aromatic nitrogens is 1. The van der Waals surface area contributed by atoms with Gasteiger partial charge in [0.15, 0.2) is 5.13 Å². The number of aliphatic hydroxyl groups is 1. The Morgan fingerprint density at radius 2 is 2.38 bits per heavy atom. The molecule has 4 heteroatoms. The standard InChI is InChI=1S/C9H10N2OS/c1-6-2-3-7-8(4-6)13-9(11-7)10-5-12/h2-4,12H,5H2,1H3,(H,10,11). The maximum Gasteiger partial charge on any atom is 0.185 e. The van der Waals surface area contributed by atoms with E-state index in [-0.39, 0.29) is 6.73 Å². The van der Waals surface area contributed by atoms with Crippen LogP contribution in [0.5, 0.6) is 0 Å². The van der Waals surface area contributed by atoms with Gasteiger partial charge in [-0.3, -0.25) is 0 Å². The number of rotatable bonds is 2. The monoisotopic (exact) mass is 194 g/mol. The molecule has 0 aliphatic heterocycles. The second-order valence-electron chi connectivity index (χ2n) is 2.83. The summed E-state index contributed by atoms with van der Waals surface area (Å²) in [6, 6.07) is 6.12. The molecule has 1 heterocycles. The molecule has 0 aliphatic carbocycles. The van der Waals surface area contributed by atoms with E-state index in [9.17, 15) is 0 Å². The molecule has 0 fully saturated rings. The third-order valence-electron chi connectivity index (χ3n) is 1.77. The van der Waals surface area contributed by atoms with Crippen molar-refractivity contribution in [1.82, 2.24) is 4.98 Å². The number of aryl methyl sites for hydroxylation is 1. The van der Waals surface area contributed by atoms with Crippen LogP contribution < -0.4 is 5.32 Å². The molecular formula is C9H10N2OS. The van der Waals surface area contributed by atoms with Crippen molar-refractivity contribution in [3.05, 3.63) is 23.8 Å². The zero-order valence-corrected chi connectivity index (χ0v) is 8.06. The van der Waals surface area contributed by atoms with Crippen LogP contribution in [0.3, 0.4) is 0 Å². The Balaban J connectivity index is 2.49. The van der Waals surface area contributed by atoms with Crippen LogP contribution in [0.15, 0.2) is 18.2 Å². The highest BCUT2D eigenvalue weighted by molar-refractivity contribution is 7.22. The molecule has 0 saturated heterocycles. The summed E-state index contributed by atoms with van der Waals surface area (Å²) in [7, 11) is 0. The van der Waals surface area contributed by atoms with Gasteiger partial charge in [0.05, 0.1) is 10.2 Å². The fourth-order valence-corrected chi connectivity index (χ4v) is 2.13. The third-order valence-corrected chi connectivity index (χ3v) is 2.75. The number of anilines is 1. The second-order valence-corrected chi connectivity index (χ2v) is 3.86. The molecule has 0 spiro atoms. The first kappa shape index (κ1) is 8.47. The topological polar surface area (TPSA) is 45.2 Å². The molecular weight excluding hydrogens is 184 g/mol. The highest BCUT2D eigenvalue weighted by Gasteiger charge is 2.01. The van der Waals surface area contributed by atoms with Crippen LogP contribution in [0, 0.1) is 6.92 Å². The molecule has 2 aromatic rings. The lowest BCUT2D eigenvalue weighted by Gasteiger charge is -1.91. The van der Waals surface area contributed by atoms with E-state index in [0.717, 1.165) is 15.3 Å². The van der Waals surface area contributed by atoms with Crippen LogP contribution in [0.2, 0.25) is 0 Å². The molecule has 0 unspecified atom stereocenters. The molecule has 0 aliphatic rings. The van der Waals surface area contributed by atoms with Crippen molar-refractivity contribution in [2.75, 3.05) is 12.0 Å². The minimum atomic E-state index is -0.0706. The van der Waals surface area contributed by atoms with Gasteiger partial charge in [-0.2, -0.15) is 0 Å². The highest BCUT2D eigenvalue weighted by Crippen LogP contribution is 2.26. The van der Waals surface area contributed by atoms with Gasteiger partial charge in [0.1, 0.15) is 6.73 Å². The lowest BCUT2D eigenvalue weighted by molar-refractivity contribution is 0.325. The largest absolute Gasteiger partial charge is 0.377 e. The van der Waals surface area contributed by atoms with Crippen molar-refractivity contribution < 1.29 is 5.11 Å². The van der Waals surface area contributed by atoms with Crippen molar-refractivity contribution in [1.29, 1.82) is 0 Å². The summed E-state index contributed by atoms with van der Waals surface area (Å²) in [6.45, 7) is 1.98. The second kappa shape index (κ2) is 3.32. The van der Waals surface area contributed by atoms with Gasteiger partial charge in [-0.05, 0) is 24.6 Å². The quantitative estimate of drug-likeness (QED) is 0.718. The highest BCUT2D eigenvalue weighted by atomic mass is 32.1. The lowest BCUT2D eigenvalue weighted by atomic mass is 10.2. The molecule has 2 rings (SSSR count). The van der Waals surface area contributed by atoms with Crippen molar-refractivity contribution in [3.63, 3.8) is 0 Å². The number of thiazole rings is 1. The number of benzene rings is 1. The Morgan fingerprint density at radius 3 is 3.15 bits per heavy atom. The van der Waals surface area contributed by atoms with Gasteiger partial charge >= 0.3 is 0 Å². The van der Waals surface area contributed by atoms with E-state index < -0.39 is 0 Å². The normalized spacial score (nSPS) is 10.6. The van der Waals surface area contributed by atoms with Crippen LogP contribution in [-0.2, 0) is 0 Å². The maximum atomic E-state index is 8.65. The first-order valence-electron chi connectivity index (χ1n) is 4.01. The van der Waals surface area contributed by atoms with E-state index in [1.807, 2.05) is 12.1 Å². The molecule has 3 nitrogen and oxygen atoms in total. The first-order valence-corrected chi connectivity index (χ1v) is 4.83. The molecule has 2 N–H and O–H groups in total. The molecule has 1 aromatic carbocycles. The predicted molar refractivity (Wildman–Crippen MR) is 55.1 cm³/mol. The maximum absolute atomic E-state index is 8.65. The molecule has 0 radical (unpaired) electrons. The Labute approximate surface area is 80.0 Å². The van der Waals surface area contributed by atoms with Crippen LogP contribution >= 0.6 is 11.3 Å². The van der Waals surface area contributed by atoms with E-state index in [4.69, 9.17) is 5.11 Å². The summed E-state index contributed by atoms with van der Waals surface area (Å²) < 4.78 is 1.15. The number of hydrogen-bond acceptors (Lipinski definition) is 4. The van der Waals surface area contributed by atoms with E-state index in [1.54, 1.807) is 11.3 Å². The van der Waals surface area contributed by atoms with Crippen LogP contribution in [0.25, 0.3) is 10.2 Å². The molecule has 13 heavy (non-hydrogen) atoms. The van der Waals surface area contributed by atoms with Gasteiger partial charge in [0, 0.05) is 0 Å². The van der Waals surface area contributed by atoms with E-state index in [0.29, 0.717) is 0 Å². The summed E-state index contributed by atoms with van der Waals surface area (Å²) in [5, 5.41) is 12.2.